The highest BCUT2D eigenvalue weighted by molar-refractivity contribution is 6.30. The van der Waals surface area contributed by atoms with Crippen molar-refractivity contribution in [1.82, 2.24) is 9.58 Å². The van der Waals surface area contributed by atoms with Gasteiger partial charge in [-0.1, -0.05) is 17.7 Å². The number of nitrogens with one attached hydrogen (secondary N) is 2. The molecule has 2 heterocycles. The van der Waals surface area contributed by atoms with Gasteiger partial charge in [0.2, 0.25) is 5.91 Å². The van der Waals surface area contributed by atoms with Crippen LogP contribution < -0.4 is 16.3 Å². The number of rotatable bonds is 6. The number of ether oxygens (including phenoxy) is 1. The highest BCUT2D eigenvalue weighted by Crippen LogP contribution is 2.25. The molecule has 4 rings (SSSR count). The highest BCUT2D eigenvalue weighted by atomic mass is 35.5. The van der Waals surface area contributed by atoms with Gasteiger partial charge in [0.05, 0.1) is 17.5 Å². The van der Waals surface area contributed by atoms with Crippen molar-refractivity contribution in [3.05, 3.63) is 88.1 Å². The van der Waals surface area contributed by atoms with Crippen molar-refractivity contribution >= 4 is 28.9 Å². The van der Waals surface area contributed by atoms with Crippen LogP contribution >= 0.6 is 11.6 Å². The van der Waals surface area contributed by atoms with E-state index in [-0.39, 0.29) is 23.3 Å². The first-order valence-electron chi connectivity index (χ1n) is 10.0. The average molecular weight is 457 g/mol. The molecule has 2 aromatic carbocycles. The fourth-order valence-corrected chi connectivity index (χ4v) is 3.77. The maximum absolute atomic E-state index is 14.7. The molecule has 2 N–H and O–H groups in total. The molecular formula is C23H22ClFN4O3. The van der Waals surface area contributed by atoms with Crippen LogP contribution in [0.2, 0.25) is 5.02 Å². The van der Waals surface area contributed by atoms with Crippen molar-refractivity contribution in [2.45, 2.75) is 18.6 Å². The molecule has 3 aromatic rings. The summed E-state index contributed by atoms with van der Waals surface area (Å²) in [6.45, 7) is 0.482. The van der Waals surface area contributed by atoms with Crippen LogP contribution in [0.25, 0.3) is 5.69 Å². The lowest BCUT2D eigenvalue weighted by Crippen LogP contribution is -2.43. The second-order valence-corrected chi connectivity index (χ2v) is 7.88. The molecule has 1 aliphatic rings. The van der Waals surface area contributed by atoms with E-state index in [9.17, 15) is 14.0 Å². The van der Waals surface area contributed by atoms with Crippen molar-refractivity contribution in [2.24, 2.45) is 0 Å². The number of hydrazine groups is 1. The van der Waals surface area contributed by atoms with Gasteiger partial charge in [-0.2, -0.15) is 0 Å². The van der Waals surface area contributed by atoms with Gasteiger partial charge in [0, 0.05) is 49.1 Å². The maximum atomic E-state index is 14.7. The van der Waals surface area contributed by atoms with Crippen LogP contribution in [0.3, 0.4) is 0 Å². The molecule has 0 radical (unpaired) electrons. The number of pyridine rings is 1. The van der Waals surface area contributed by atoms with Gasteiger partial charge in [-0.15, -0.1) is 0 Å². The molecule has 1 aromatic heterocycles. The number of halogens is 2. The average Bonchev–Trinajstić information content (AvgIpc) is 3.20. The summed E-state index contributed by atoms with van der Waals surface area (Å²) in [5.41, 5.74) is 4.11. The fraction of sp³-hybridized carbons (Fsp3) is 0.217. The molecular weight excluding hydrogens is 435 g/mol. The van der Waals surface area contributed by atoms with Gasteiger partial charge in [0.1, 0.15) is 11.9 Å². The van der Waals surface area contributed by atoms with Gasteiger partial charge in [0.15, 0.2) is 0 Å². The van der Waals surface area contributed by atoms with Gasteiger partial charge in [-0.25, -0.2) is 9.40 Å². The number of methoxy groups -OCH3 is 1. The van der Waals surface area contributed by atoms with Crippen LogP contribution in [0.4, 0.5) is 15.8 Å². The summed E-state index contributed by atoms with van der Waals surface area (Å²) in [4.78, 5) is 25.0. The molecule has 0 saturated carbocycles. The Bertz CT molecular complexity index is 1170. The summed E-state index contributed by atoms with van der Waals surface area (Å²) in [6, 6.07) is 15.5. The SMILES string of the molecule is CO[C@@H]1C[C@H](C(=O)Nc2ccc(-n3ccccc3=O)cc2F)N(Nc2ccc(Cl)cc2)C1. The topological polar surface area (TPSA) is 75.6 Å². The van der Waals surface area contributed by atoms with Crippen molar-refractivity contribution in [2.75, 3.05) is 24.4 Å². The van der Waals surface area contributed by atoms with E-state index in [0.717, 1.165) is 5.69 Å². The van der Waals surface area contributed by atoms with Crippen molar-refractivity contribution in [1.29, 1.82) is 0 Å². The van der Waals surface area contributed by atoms with Crippen molar-refractivity contribution in [3.8, 4) is 5.69 Å². The number of amides is 1. The van der Waals surface area contributed by atoms with Gasteiger partial charge in [0.25, 0.3) is 5.56 Å². The van der Waals surface area contributed by atoms with Crippen LogP contribution in [-0.2, 0) is 9.53 Å². The van der Waals surface area contributed by atoms with Gasteiger partial charge < -0.3 is 15.5 Å². The Kier molecular flexibility index (Phi) is 6.55. The Labute approximate surface area is 189 Å². The van der Waals surface area contributed by atoms with Gasteiger partial charge >= 0.3 is 0 Å². The Morgan fingerprint density at radius 2 is 1.94 bits per heavy atom. The maximum Gasteiger partial charge on any atom is 0.255 e. The molecule has 7 nitrogen and oxygen atoms in total. The van der Waals surface area contributed by atoms with Crippen molar-refractivity contribution < 1.29 is 13.9 Å². The van der Waals surface area contributed by atoms with Gasteiger partial charge in [-0.05, 0) is 42.5 Å². The molecule has 1 aliphatic heterocycles. The van der Waals surface area contributed by atoms with E-state index in [2.05, 4.69) is 10.7 Å². The monoisotopic (exact) mass is 456 g/mol. The summed E-state index contributed by atoms with van der Waals surface area (Å²) in [5, 5.41) is 5.03. The molecule has 1 amide bonds. The molecule has 166 valence electrons. The van der Waals surface area contributed by atoms with E-state index in [1.54, 1.807) is 60.8 Å². The molecule has 9 heteroatoms. The Morgan fingerprint density at radius 3 is 2.62 bits per heavy atom. The Balaban J connectivity index is 1.50. The number of anilines is 2. The molecule has 1 saturated heterocycles. The zero-order valence-electron chi connectivity index (χ0n) is 17.3. The van der Waals surface area contributed by atoms with E-state index in [0.29, 0.717) is 23.7 Å². The molecule has 0 aliphatic carbocycles. The van der Waals surface area contributed by atoms with Gasteiger partial charge in [-0.3, -0.25) is 14.2 Å². The zero-order valence-corrected chi connectivity index (χ0v) is 18.1. The third kappa shape index (κ3) is 4.83. The first kappa shape index (κ1) is 22.0. The van der Waals surface area contributed by atoms with Crippen molar-refractivity contribution in [3.63, 3.8) is 0 Å². The van der Waals surface area contributed by atoms with Crippen LogP contribution in [0.1, 0.15) is 6.42 Å². The van der Waals surface area contributed by atoms with E-state index in [1.807, 2.05) is 0 Å². The lowest BCUT2D eigenvalue weighted by molar-refractivity contribution is -0.120. The normalized spacial score (nSPS) is 18.5. The molecule has 1 fully saturated rings. The lowest BCUT2D eigenvalue weighted by atomic mass is 10.1. The number of carbonyl (C=O) groups excluding carboxylic acids is 1. The first-order chi connectivity index (χ1) is 15.4. The van der Waals surface area contributed by atoms with E-state index in [1.165, 1.54) is 22.8 Å². The quantitative estimate of drug-likeness (QED) is 0.591. The lowest BCUT2D eigenvalue weighted by Gasteiger charge is -2.25. The highest BCUT2D eigenvalue weighted by Gasteiger charge is 2.37. The smallest absolute Gasteiger partial charge is 0.255 e. The largest absolute Gasteiger partial charge is 0.380 e. The summed E-state index contributed by atoms with van der Waals surface area (Å²) in [7, 11) is 1.59. The molecule has 0 spiro atoms. The summed E-state index contributed by atoms with van der Waals surface area (Å²) in [6.07, 6.45) is 1.85. The minimum Gasteiger partial charge on any atom is -0.380 e. The minimum atomic E-state index is -0.634. The van der Waals surface area contributed by atoms with E-state index >= 15 is 0 Å². The number of nitrogens with zero attached hydrogens (tertiary/aromatic N) is 2. The van der Waals surface area contributed by atoms with Crippen LogP contribution in [0.15, 0.2) is 71.7 Å². The van der Waals surface area contributed by atoms with Crippen LogP contribution in [0, 0.1) is 5.82 Å². The number of hydrogen-bond donors (Lipinski definition) is 2. The first-order valence-corrected chi connectivity index (χ1v) is 10.4. The second-order valence-electron chi connectivity index (χ2n) is 7.44. The van der Waals surface area contributed by atoms with E-state index in [4.69, 9.17) is 16.3 Å². The fourth-order valence-electron chi connectivity index (χ4n) is 3.64. The molecule has 0 bridgehead atoms. The Hall–Kier alpha value is -3.20. The molecule has 32 heavy (non-hydrogen) atoms. The molecule has 0 unspecified atom stereocenters. The number of aromatic nitrogens is 1. The molecule has 2 atom stereocenters. The standard InChI is InChI=1S/C23H22ClFN4O3/c1-32-18-13-21(29(14-18)27-16-7-5-15(24)6-8-16)23(31)26-20-10-9-17(12-19(20)25)28-11-3-2-4-22(28)30/h2-12,18,21,27H,13-14H2,1H3,(H,26,31)/t18-,21-/m1/s1. The number of carbonyl (C=O) groups is 1. The summed E-state index contributed by atoms with van der Waals surface area (Å²) in [5.74, 6) is -1.00. The third-order valence-corrected chi connectivity index (χ3v) is 5.58. The predicted octanol–water partition coefficient (Wildman–Crippen LogP) is 3.68. The zero-order chi connectivity index (χ0) is 22.7. The summed E-state index contributed by atoms with van der Waals surface area (Å²) < 4.78 is 21.5. The predicted molar refractivity (Wildman–Crippen MR) is 122 cm³/mol. The van der Waals surface area contributed by atoms with Crippen LogP contribution in [0.5, 0.6) is 0 Å². The third-order valence-electron chi connectivity index (χ3n) is 5.33. The Morgan fingerprint density at radius 1 is 1.16 bits per heavy atom. The number of hydrogen-bond acceptors (Lipinski definition) is 5. The number of benzene rings is 2. The van der Waals surface area contributed by atoms with Crippen LogP contribution in [-0.4, -0.2) is 41.3 Å². The minimum absolute atomic E-state index is 0.0371. The second kappa shape index (κ2) is 9.52. The van der Waals surface area contributed by atoms with E-state index < -0.39 is 11.9 Å². The summed E-state index contributed by atoms with van der Waals surface area (Å²) >= 11 is 5.94.